The van der Waals surface area contributed by atoms with Crippen LogP contribution in [0.1, 0.15) is 16.1 Å². The molecule has 1 N–H and O–H groups in total. The molecule has 1 aromatic carbocycles. The Morgan fingerprint density at radius 2 is 2.11 bits per heavy atom. The van der Waals surface area contributed by atoms with Crippen molar-refractivity contribution in [3.8, 4) is 0 Å². The highest BCUT2D eigenvalue weighted by Crippen LogP contribution is 2.06. The number of amides is 1. The molecular weight excluding hydrogens is 233 g/mol. The van der Waals surface area contributed by atoms with Gasteiger partial charge in [-0.3, -0.25) is 9.78 Å². The molecule has 1 heterocycles. The molecule has 0 fully saturated rings. The second-order valence-corrected chi connectivity index (χ2v) is 3.69. The number of rotatable bonds is 4. The van der Waals surface area contributed by atoms with E-state index in [2.05, 4.69) is 15.3 Å². The predicted molar refractivity (Wildman–Crippen MR) is 64.5 cm³/mol. The Morgan fingerprint density at radius 1 is 1.28 bits per heavy atom. The van der Waals surface area contributed by atoms with Crippen molar-refractivity contribution in [3.63, 3.8) is 0 Å². The average molecular weight is 245 g/mol. The van der Waals surface area contributed by atoms with Crippen LogP contribution < -0.4 is 5.32 Å². The molecule has 0 bridgehead atoms. The van der Waals surface area contributed by atoms with Gasteiger partial charge in [0.05, 0.1) is 6.20 Å². The van der Waals surface area contributed by atoms with E-state index in [-0.39, 0.29) is 17.4 Å². The van der Waals surface area contributed by atoms with Crippen molar-refractivity contribution < 1.29 is 9.18 Å². The van der Waals surface area contributed by atoms with Gasteiger partial charge in [0.1, 0.15) is 11.5 Å². The fourth-order valence-corrected chi connectivity index (χ4v) is 1.52. The summed E-state index contributed by atoms with van der Waals surface area (Å²) >= 11 is 0. The molecule has 0 spiro atoms. The monoisotopic (exact) mass is 245 g/mol. The molecule has 0 aliphatic heterocycles. The van der Waals surface area contributed by atoms with Gasteiger partial charge in [-0.1, -0.05) is 18.2 Å². The first-order valence-corrected chi connectivity index (χ1v) is 5.55. The van der Waals surface area contributed by atoms with E-state index in [0.717, 1.165) is 0 Å². The second-order valence-electron chi connectivity index (χ2n) is 3.69. The number of nitrogens with one attached hydrogen (secondary N) is 1. The standard InChI is InChI=1S/C13H12FN3O/c14-11-4-2-1-3-10(11)5-6-17-13(18)12-9-15-7-8-16-12/h1-4,7-9H,5-6H2,(H,17,18). The van der Waals surface area contributed by atoms with Crippen molar-refractivity contribution in [1.29, 1.82) is 0 Å². The molecule has 2 aromatic rings. The summed E-state index contributed by atoms with van der Waals surface area (Å²) < 4.78 is 13.3. The van der Waals surface area contributed by atoms with Crippen LogP contribution in [0, 0.1) is 5.82 Å². The molecule has 0 atom stereocenters. The van der Waals surface area contributed by atoms with Crippen LogP contribution in [-0.4, -0.2) is 22.4 Å². The molecule has 0 unspecified atom stereocenters. The number of carbonyl (C=O) groups excluding carboxylic acids is 1. The highest BCUT2D eigenvalue weighted by molar-refractivity contribution is 5.91. The maximum absolute atomic E-state index is 13.3. The SMILES string of the molecule is O=C(NCCc1ccccc1F)c1cnccn1. The van der Waals surface area contributed by atoms with Crippen molar-refractivity contribution >= 4 is 5.91 Å². The van der Waals surface area contributed by atoms with Crippen LogP contribution in [0.15, 0.2) is 42.9 Å². The van der Waals surface area contributed by atoms with Crippen molar-refractivity contribution in [2.45, 2.75) is 6.42 Å². The first kappa shape index (κ1) is 12.2. The predicted octanol–water partition coefficient (Wildman–Crippen LogP) is 1.59. The van der Waals surface area contributed by atoms with Crippen molar-refractivity contribution in [3.05, 3.63) is 59.9 Å². The van der Waals surface area contributed by atoms with E-state index in [0.29, 0.717) is 18.5 Å². The van der Waals surface area contributed by atoms with E-state index in [9.17, 15) is 9.18 Å². The smallest absolute Gasteiger partial charge is 0.271 e. The molecule has 0 saturated carbocycles. The van der Waals surface area contributed by atoms with Gasteiger partial charge in [-0.2, -0.15) is 0 Å². The molecule has 1 aromatic heterocycles. The summed E-state index contributed by atoms with van der Waals surface area (Å²) in [6.45, 7) is 0.357. The lowest BCUT2D eigenvalue weighted by Gasteiger charge is -2.05. The Balaban J connectivity index is 1.86. The zero-order chi connectivity index (χ0) is 12.8. The van der Waals surface area contributed by atoms with E-state index in [1.807, 2.05) is 0 Å². The van der Waals surface area contributed by atoms with E-state index < -0.39 is 0 Å². The molecule has 0 aliphatic carbocycles. The highest BCUT2D eigenvalue weighted by atomic mass is 19.1. The Labute approximate surface area is 104 Å². The van der Waals surface area contributed by atoms with Gasteiger partial charge in [-0.15, -0.1) is 0 Å². The first-order valence-electron chi connectivity index (χ1n) is 5.55. The fraction of sp³-hybridized carbons (Fsp3) is 0.154. The lowest BCUT2D eigenvalue weighted by molar-refractivity contribution is 0.0948. The van der Waals surface area contributed by atoms with Gasteiger partial charge in [0.15, 0.2) is 0 Å². The lowest BCUT2D eigenvalue weighted by atomic mass is 10.1. The molecule has 18 heavy (non-hydrogen) atoms. The third-order valence-electron chi connectivity index (χ3n) is 2.43. The molecule has 5 heteroatoms. The summed E-state index contributed by atoms with van der Waals surface area (Å²) in [6, 6.07) is 6.50. The van der Waals surface area contributed by atoms with Crippen molar-refractivity contribution in [1.82, 2.24) is 15.3 Å². The zero-order valence-electron chi connectivity index (χ0n) is 9.64. The van der Waals surface area contributed by atoms with Crippen LogP contribution in [0.25, 0.3) is 0 Å². The van der Waals surface area contributed by atoms with E-state index >= 15 is 0 Å². The quantitative estimate of drug-likeness (QED) is 0.889. The zero-order valence-corrected chi connectivity index (χ0v) is 9.64. The normalized spacial score (nSPS) is 10.1. The Morgan fingerprint density at radius 3 is 2.83 bits per heavy atom. The van der Waals surface area contributed by atoms with Gasteiger partial charge in [0.2, 0.25) is 0 Å². The minimum absolute atomic E-state index is 0.256. The Kier molecular flexibility index (Phi) is 3.96. The topological polar surface area (TPSA) is 54.9 Å². The first-order chi connectivity index (χ1) is 8.77. The van der Waals surface area contributed by atoms with Gasteiger partial charge in [-0.05, 0) is 18.1 Å². The molecule has 0 aliphatic rings. The summed E-state index contributed by atoms with van der Waals surface area (Å²) in [5.74, 6) is -0.564. The summed E-state index contributed by atoms with van der Waals surface area (Å²) in [5.41, 5.74) is 0.836. The maximum Gasteiger partial charge on any atom is 0.271 e. The number of aromatic nitrogens is 2. The molecule has 92 valence electrons. The van der Waals surface area contributed by atoms with Crippen LogP contribution >= 0.6 is 0 Å². The van der Waals surface area contributed by atoms with Crippen molar-refractivity contribution in [2.75, 3.05) is 6.54 Å². The van der Waals surface area contributed by atoms with Gasteiger partial charge in [0, 0.05) is 18.9 Å². The maximum atomic E-state index is 13.3. The van der Waals surface area contributed by atoms with Gasteiger partial charge in [-0.25, -0.2) is 9.37 Å². The summed E-state index contributed by atoms with van der Waals surface area (Å²) in [5, 5.41) is 2.67. The van der Waals surface area contributed by atoms with E-state index in [1.54, 1.807) is 18.2 Å². The lowest BCUT2D eigenvalue weighted by Crippen LogP contribution is -2.26. The second kappa shape index (κ2) is 5.86. The average Bonchev–Trinajstić information content (AvgIpc) is 2.42. The number of hydrogen-bond donors (Lipinski definition) is 1. The number of carbonyl (C=O) groups is 1. The Hall–Kier alpha value is -2.30. The highest BCUT2D eigenvalue weighted by Gasteiger charge is 2.06. The van der Waals surface area contributed by atoms with Crippen LogP contribution in [0.3, 0.4) is 0 Å². The molecule has 0 saturated heterocycles. The van der Waals surface area contributed by atoms with Crippen LogP contribution in [0.2, 0.25) is 0 Å². The summed E-state index contributed by atoms with van der Waals surface area (Å²) in [6.07, 6.45) is 4.78. The van der Waals surface area contributed by atoms with Crippen LogP contribution in [-0.2, 0) is 6.42 Å². The fourth-order valence-electron chi connectivity index (χ4n) is 1.52. The van der Waals surface area contributed by atoms with Gasteiger partial charge < -0.3 is 5.32 Å². The number of benzene rings is 1. The van der Waals surface area contributed by atoms with Gasteiger partial charge in [0.25, 0.3) is 5.91 Å². The van der Waals surface area contributed by atoms with Crippen molar-refractivity contribution in [2.24, 2.45) is 0 Å². The van der Waals surface area contributed by atoms with E-state index in [4.69, 9.17) is 0 Å². The summed E-state index contributed by atoms with van der Waals surface area (Å²) in [7, 11) is 0. The molecule has 4 nitrogen and oxygen atoms in total. The van der Waals surface area contributed by atoms with Crippen LogP contribution in [0.5, 0.6) is 0 Å². The summed E-state index contributed by atoms with van der Waals surface area (Å²) in [4.78, 5) is 19.3. The molecule has 0 radical (unpaired) electrons. The Bertz CT molecular complexity index is 531. The number of nitrogens with zero attached hydrogens (tertiary/aromatic N) is 2. The third kappa shape index (κ3) is 3.10. The van der Waals surface area contributed by atoms with Gasteiger partial charge >= 0.3 is 0 Å². The largest absolute Gasteiger partial charge is 0.350 e. The molecular formula is C13H12FN3O. The minimum atomic E-state index is -0.306. The number of hydrogen-bond acceptors (Lipinski definition) is 3. The van der Waals surface area contributed by atoms with E-state index in [1.165, 1.54) is 24.7 Å². The minimum Gasteiger partial charge on any atom is -0.350 e. The van der Waals surface area contributed by atoms with Crippen LogP contribution in [0.4, 0.5) is 4.39 Å². The third-order valence-corrected chi connectivity index (χ3v) is 2.43. The number of halogens is 1. The molecule has 1 amide bonds. The molecule has 2 rings (SSSR count).